The van der Waals surface area contributed by atoms with Gasteiger partial charge < -0.3 is 9.80 Å². The van der Waals surface area contributed by atoms with Crippen LogP contribution in [0.5, 0.6) is 0 Å². The Bertz CT molecular complexity index is 272. The molecule has 0 amide bonds. The number of rotatable bonds is 3. The summed E-state index contributed by atoms with van der Waals surface area (Å²) in [7, 11) is 2.26. The zero-order chi connectivity index (χ0) is 13.2. The van der Waals surface area contributed by atoms with Gasteiger partial charge in [0.25, 0.3) is 0 Å². The van der Waals surface area contributed by atoms with Gasteiger partial charge in [-0.15, -0.1) is 0 Å². The predicted octanol–water partition coefficient (Wildman–Crippen LogP) is 1.89. The van der Waals surface area contributed by atoms with Gasteiger partial charge in [0.1, 0.15) is 0 Å². The molecule has 3 saturated heterocycles. The van der Waals surface area contributed by atoms with Gasteiger partial charge in [0, 0.05) is 25.2 Å². The first-order chi connectivity index (χ1) is 9.26. The summed E-state index contributed by atoms with van der Waals surface area (Å²) in [5.41, 5.74) is 0. The Morgan fingerprint density at radius 2 is 1.32 bits per heavy atom. The van der Waals surface area contributed by atoms with Crippen molar-refractivity contribution < 1.29 is 0 Å². The molecule has 0 aromatic rings. The molecule has 3 rings (SSSR count). The van der Waals surface area contributed by atoms with Crippen molar-refractivity contribution in [1.82, 2.24) is 14.7 Å². The van der Waals surface area contributed by atoms with E-state index in [0.29, 0.717) is 0 Å². The van der Waals surface area contributed by atoms with Crippen LogP contribution in [-0.4, -0.2) is 73.1 Å². The summed E-state index contributed by atoms with van der Waals surface area (Å²) >= 11 is 0. The summed E-state index contributed by atoms with van der Waals surface area (Å²) in [6, 6.07) is 1.79. The highest BCUT2D eigenvalue weighted by Gasteiger charge is 2.34. The van der Waals surface area contributed by atoms with Gasteiger partial charge in [0.2, 0.25) is 0 Å². The Morgan fingerprint density at radius 3 is 1.89 bits per heavy atom. The van der Waals surface area contributed by atoms with Crippen LogP contribution < -0.4 is 0 Å². The van der Waals surface area contributed by atoms with Gasteiger partial charge in [0.05, 0.1) is 0 Å². The average Bonchev–Trinajstić information content (AvgIpc) is 2.39. The minimum absolute atomic E-state index is 0.886. The zero-order valence-electron chi connectivity index (χ0n) is 12.9. The summed E-state index contributed by atoms with van der Waals surface area (Å²) < 4.78 is 0. The van der Waals surface area contributed by atoms with Crippen molar-refractivity contribution >= 4 is 0 Å². The quantitative estimate of drug-likeness (QED) is 0.771. The maximum Gasteiger partial charge on any atom is 0.0120 e. The van der Waals surface area contributed by atoms with Gasteiger partial charge in [-0.3, -0.25) is 4.90 Å². The van der Waals surface area contributed by atoms with Crippen LogP contribution in [0.4, 0.5) is 0 Å². The van der Waals surface area contributed by atoms with E-state index < -0.39 is 0 Å². The molecular formula is C16H31N3. The molecule has 3 aliphatic rings. The van der Waals surface area contributed by atoms with E-state index in [1.54, 1.807) is 0 Å². The Kier molecular flexibility index (Phi) is 4.45. The van der Waals surface area contributed by atoms with Gasteiger partial charge in [0.15, 0.2) is 0 Å². The van der Waals surface area contributed by atoms with Crippen molar-refractivity contribution in [2.45, 2.75) is 51.1 Å². The Labute approximate surface area is 118 Å². The molecule has 0 aliphatic carbocycles. The molecule has 0 aromatic carbocycles. The van der Waals surface area contributed by atoms with Crippen molar-refractivity contribution in [3.8, 4) is 0 Å². The Morgan fingerprint density at radius 1 is 0.789 bits per heavy atom. The summed E-state index contributed by atoms with van der Waals surface area (Å²) in [5, 5.41) is 0. The second kappa shape index (κ2) is 6.11. The lowest BCUT2D eigenvalue weighted by Crippen LogP contribution is -2.56. The topological polar surface area (TPSA) is 9.72 Å². The Balaban J connectivity index is 1.40. The lowest BCUT2D eigenvalue weighted by Gasteiger charge is -2.48. The van der Waals surface area contributed by atoms with Gasteiger partial charge >= 0.3 is 0 Å². The highest BCUT2D eigenvalue weighted by molar-refractivity contribution is 4.90. The molecule has 3 fully saturated rings. The van der Waals surface area contributed by atoms with Gasteiger partial charge in [-0.05, 0) is 64.8 Å². The largest absolute Gasteiger partial charge is 0.306 e. The number of hydrogen-bond acceptors (Lipinski definition) is 3. The zero-order valence-corrected chi connectivity index (χ0v) is 12.9. The smallest absolute Gasteiger partial charge is 0.0120 e. The van der Waals surface area contributed by atoms with Crippen LogP contribution in [0.1, 0.15) is 39.0 Å². The average molecular weight is 265 g/mol. The third-order valence-electron chi connectivity index (χ3n) is 5.78. The molecule has 19 heavy (non-hydrogen) atoms. The minimum atomic E-state index is 0.886. The SMILES string of the molecule is CCC1CN(C2CCN(C3CCN(C)CC3)CC2)C1. The molecule has 3 aliphatic heterocycles. The van der Waals surface area contributed by atoms with E-state index in [-0.39, 0.29) is 0 Å². The third-order valence-corrected chi connectivity index (χ3v) is 5.78. The van der Waals surface area contributed by atoms with Gasteiger partial charge in [-0.2, -0.15) is 0 Å². The molecule has 0 radical (unpaired) electrons. The van der Waals surface area contributed by atoms with Crippen LogP contribution in [0.3, 0.4) is 0 Å². The van der Waals surface area contributed by atoms with E-state index >= 15 is 0 Å². The molecule has 0 saturated carbocycles. The number of piperidine rings is 2. The van der Waals surface area contributed by atoms with Crippen molar-refractivity contribution in [1.29, 1.82) is 0 Å². The van der Waals surface area contributed by atoms with Crippen LogP contribution in [0.15, 0.2) is 0 Å². The van der Waals surface area contributed by atoms with Gasteiger partial charge in [-0.25, -0.2) is 0 Å². The lowest BCUT2D eigenvalue weighted by molar-refractivity contribution is 0.00386. The highest BCUT2D eigenvalue weighted by Crippen LogP contribution is 2.28. The molecule has 0 bridgehead atoms. The maximum atomic E-state index is 2.79. The van der Waals surface area contributed by atoms with Crippen LogP contribution in [0, 0.1) is 5.92 Å². The first-order valence-electron chi connectivity index (χ1n) is 8.43. The second-order valence-electron chi connectivity index (χ2n) is 7.03. The molecule has 0 spiro atoms. The highest BCUT2D eigenvalue weighted by atomic mass is 15.3. The van der Waals surface area contributed by atoms with Crippen molar-refractivity contribution in [2.24, 2.45) is 5.92 Å². The van der Waals surface area contributed by atoms with Crippen LogP contribution >= 0.6 is 0 Å². The van der Waals surface area contributed by atoms with Crippen LogP contribution in [0.2, 0.25) is 0 Å². The summed E-state index contributed by atoms with van der Waals surface area (Å²) in [5.74, 6) is 1.01. The minimum Gasteiger partial charge on any atom is -0.306 e. The van der Waals surface area contributed by atoms with Crippen LogP contribution in [0.25, 0.3) is 0 Å². The standard InChI is InChI=1S/C16H31N3/c1-3-14-12-19(13-14)16-6-10-18(11-7-16)15-4-8-17(2)9-5-15/h14-16H,3-13H2,1-2H3. The molecule has 3 heterocycles. The normalized spacial score (nSPS) is 30.6. The molecule has 3 nitrogen and oxygen atoms in total. The van der Waals surface area contributed by atoms with Crippen LogP contribution in [-0.2, 0) is 0 Å². The van der Waals surface area contributed by atoms with Gasteiger partial charge in [-0.1, -0.05) is 13.3 Å². The molecule has 0 unspecified atom stereocenters. The molecule has 0 N–H and O–H groups in total. The van der Waals surface area contributed by atoms with E-state index in [2.05, 4.69) is 28.7 Å². The summed E-state index contributed by atoms with van der Waals surface area (Å²) in [6.07, 6.45) is 7.00. The van der Waals surface area contributed by atoms with Crippen molar-refractivity contribution in [2.75, 3.05) is 46.3 Å². The number of likely N-dealkylation sites (tertiary alicyclic amines) is 3. The molecule has 110 valence electrons. The fraction of sp³-hybridized carbons (Fsp3) is 1.00. The summed E-state index contributed by atoms with van der Waals surface area (Å²) in [6.45, 7) is 10.4. The van der Waals surface area contributed by atoms with Crippen molar-refractivity contribution in [3.05, 3.63) is 0 Å². The fourth-order valence-corrected chi connectivity index (χ4v) is 4.14. The predicted molar refractivity (Wildman–Crippen MR) is 80.5 cm³/mol. The Hall–Kier alpha value is -0.120. The lowest BCUT2D eigenvalue weighted by atomic mass is 9.90. The van der Waals surface area contributed by atoms with E-state index in [0.717, 1.165) is 18.0 Å². The van der Waals surface area contributed by atoms with E-state index in [1.165, 1.54) is 71.4 Å². The maximum absolute atomic E-state index is 2.79. The van der Waals surface area contributed by atoms with E-state index in [4.69, 9.17) is 0 Å². The second-order valence-corrected chi connectivity index (χ2v) is 7.03. The molecule has 0 aromatic heterocycles. The third kappa shape index (κ3) is 3.14. The van der Waals surface area contributed by atoms with E-state index in [9.17, 15) is 0 Å². The molecule has 3 heteroatoms. The summed E-state index contributed by atoms with van der Waals surface area (Å²) in [4.78, 5) is 8.02. The monoisotopic (exact) mass is 265 g/mol. The number of nitrogens with zero attached hydrogens (tertiary/aromatic N) is 3. The first-order valence-corrected chi connectivity index (χ1v) is 8.43. The fourth-order valence-electron chi connectivity index (χ4n) is 4.14. The van der Waals surface area contributed by atoms with Crippen molar-refractivity contribution in [3.63, 3.8) is 0 Å². The molecule has 0 atom stereocenters. The van der Waals surface area contributed by atoms with E-state index in [1.807, 2.05) is 0 Å². The number of hydrogen-bond donors (Lipinski definition) is 0. The first kappa shape index (κ1) is 13.8. The molecular weight excluding hydrogens is 234 g/mol.